The number of nitrogens with zero attached hydrogens (tertiary/aromatic N) is 2. The molecule has 102 valence electrons. The van der Waals surface area contributed by atoms with Crippen molar-refractivity contribution in [1.82, 2.24) is 15.0 Å². The van der Waals surface area contributed by atoms with Crippen LogP contribution in [0.15, 0.2) is 16.2 Å². The number of hydrogen-bond acceptors (Lipinski definition) is 7. The van der Waals surface area contributed by atoms with E-state index in [4.69, 9.17) is 5.84 Å². The molecule has 0 radical (unpaired) electrons. The molecular formula is C11H16N6OS. The van der Waals surface area contributed by atoms with Gasteiger partial charge >= 0.3 is 4.87 Å². The number of nitrogens with two attached hydrogens (primary N) is 1. The van der Waals surface area contributed by atoms with E-state index in [9.17, 15) is 4.79 Å². The van der Waals surface area contributed by atoms with E-state index in [-0.39, 0.29) is 4.87 Å². The number of hydrogen-bond donors (Lipinski definition) is 4. The zero-order valence-electron chi connectivity index (χ0n) is 10.6. The fourth-order valence-electron chi connectivity index (χ4n) is 1.58. The smallest absolute Gasteiger partial charge is 0.304 e. The minimum absolute atomic E-state index is 0.0597. The maximum Gasteiger partial charge on any atom is 0.304 e. The largest absolute Gasteiger partial charge is 0.364 e. The molecule has 0 aliphatic heterocycles. The Morgan fingerprint density at radius 2 is 2.21 bits per heavy atom. The van der Waals surface area contributed by atoms with Crippen molar-refractivity contribution < 1.29 is 0 Å². The van der Waals surface area contributed by atoms with E-state index in [1.165, 1.54) is 0 Å². The Morgan fingerprint density at radius 1 is 1.42 bits per heavy atom. The number of thiazole rings is 1. The zero-order chi connectivity index (χ0) is 13.7. The van der Waals surface area contributed by atoms with Gasteiger partial charge in [-0.15, -0.1) is 0 Å². The lowest BCUT2D eigenvalue weighted by atomic mass is 10.3. The fraction of sp³-hybridized carbons (Fsp3) is 0.364. The van der Waals surface area contributed by atoms with Crippen LogP contribution in [0.3, 0.4) is 0 Å². The first kappa shape index (κ1) is 13.5. The topological polar surface area (TPSA) is 109 Å². The SMILES string of the molecule is CCCc1nc(NN)cc(NCc2csc(=O)[nH]2)n1. The van der Waals surface area contributed by atoms with Gasteiger partial charge in [-0.3, -0.25) is 4.79 Å². The van der Waals surface area contributed by atoms with Crippen molar-refractivity contribution in [2.24, 2.45) is 5.84 Å². The van der Waals surface area contributed by atoms with Gasteiger partial charge in [0.25, 0.3) is 0 Å². The van der Waals surface area contributed by atoms with Gasteiger partial charge in [0, 0.05) is 23.6 Å². The number of nitrogens with one attached hydrogen (secondary N) is 3. The van der Waals surface area contributed by atoms with Crippen LogP contribution < -0.4 is 21.5 Å². The molecule has 0 bridgehead atoms. The molecule has 2 rings (SSSR count). The molecule has 0 spiro atoms. The second-order valence-electron chi connectivity index (χ2n) is 3.98. The van der Waals surface area contributed by atoms with Crippen molar-refractivity contribution in [2.45, 2.75) is 26.3 Å². The van der Waals surface area contributed by atoms with Crippen molar-refractivity contribution in [3.63, 3.8) is 0 Å². The summed E-state index contributed by atoms with van der Waals surface area (Å²) < 4.78 is 0. The third-order valence-electron chi connectivity index (χ3n) is 2.42. The monoisotopic (exact) mass is 280 g/mol. The van der Waals surface area contributed by atoms with Crippen LogP contribution in [0.2, 0.25) is 0 Å². The predicted molar refractivity (Wildman–Crippen MR) is 76.1 cm³/mol. The van der Waals surface area contributed by atoms with Gasteiger partial charge in [-0.1, -0.05) is 18.3 Å². The summed E-state index contributed by atoms with van der Waals surface area (Å²) in [5.41, 5.74) is 3.35. The first-order valence-electron chi connectivity index (χ1n) is 5.96. The summed E-state index contributed by atoms with van der Waals surface area (Å²) in [6.07, 6.45) is 1.75. The molecule has 19 heavy (non-hydrogen) atoms. The molecular weight excluding hydrogens is 264 g/mol. The number of aryl methyl sites for hydroxylation is 1. The lowest BCUT2D eigenvalue weighted by molar-refractivity contribution is 0.833. The van der Waals surface area contributed by atoms with Gasteiger partial charge in [0.15, 0.2) is 0 Å². The normalized spacial score (nSPS) is 10.4. The molecule has 2 aromatic rings. The van der Waals surface area contributed by atoms with Crippen molar-refractivity contribution >= 4 is 23.0 Å². The average Bonchev–Trinajstić information content (AvgIpc) is 2.82. The summed E-state index contributed by atoms with van der Waals surface area (Å²) in [6.45, 7) is 2.57. The van der Waals surface area contributed by atoms with Crippen molar-refractivity contribution in [1.29, 1.82) is 0 Å². The highest BCUT2D eigenvalue weighted by molar-refractivity contribution is 7.07. The van der Waals surface area contributed by atoms with Gasteiger partial charge in [0.2, 0.25) is 0 Å². The Labute approximate surface area is 114 Å². The van der Waals surface area contributed by atoms with Crippen LogP contribution in [0.4, 0.5) is 11.6 Å². The van der Waals surface area contributed by atoms with E-state index in [1.54, 1.807) is 11.4 Å². The standard InChI is InChI=1S/C11H16N6OS/c1-2-3-8-15-9(4-10(16-8)17-12)13-5-7-6-19-11(18)14-7/h4,6H,2-3,5,12H2,1H3,(H,14,18)(H2,13,15,16,17). The van der Waals surface area contributed by atoms with Gasteiger partial charge in [-0.05, 0) is 6.42 Å². The van der Waals surface area contributed by atoms with E-state index in [1.807, 2.05) is 0 Å². The van der Waals surface area contributed by atoms with Crippen LogP contribution in [-0.2, 0) is 13.0 Å². The maximum absolute atomic E-state index is 11.0. The molecule has 0 unspecified atom stereocenters. The Bertz CT molecular complexity index is 593. The quantitative estimate of drug-likeness (QED) is 0.465. The number of anilines is 2. The minimum Gasteiger partial charge on any atom is -0.364 e. The highest BCUT2D eigenvalue weighted by atomic mass is 32.1. The molecule has 0 aromatic carbocycles. The molecule has 0 fully saturated rings. The Kier molecular flexibility index (Phi) is 4.48. The molecule has 0 aliphatic rings. The highest BCUT2D eigenvalue weighted by Crippen LogP contribution is 2.12. The second kappa shape index (κ2) is 6.30. The van der Waals surface area contributed by atoms with Gasteiger partial charge in [-0.2, -0.15) is 0 Å². The Hall–Kier alpha value is -1.93. The number of aromatic amines is 1. The van der Waals surface area contributed by atoms with Crippen molar-refractivity contribution in [3.8, 4) is 0 Å². The van der Waals surface area contributed by atoms with E-state index >= 15 is 0 Å². The Morgan fingerprint density at radius 3 is 2.84 bits per heavy atom. The highest BCUT2D eigenvalue weighted by Gasteiger charge is 2.04. The number of H-pyrrole nitrogens is 1. The van der Waals surface area contributed by atoms with Gasteiger partial charge in [0.05, 0.1) is 6.54 Å². The van der Waals surface area contributed by atoms with Crippen LogP contribution in [0.25, 0.3) is 0 Å². The number of rotatable bonds is 6. The number of nitrogen functional groups attached to an aromatic ring is 1. The van der Waals surface area contributed by atoms with E-state index < -0.39 is 0 Å². The third-order valence-corrected chi connectivity index (χ3v) is 3.14. The van der Waals surface area contributed by atoms with Gasteiger partial charge in [-0.25, -0.2) is 15.8 Å². The third kappa shape index (κ3) is 3.76. The average molecular weight is 280 g/mol. The number of aromatic nitrogens is 3. The van der Waals surface area contributed by atoms with Crippen molar-refractivity contribution in [3.05, 3.63) is 32.6 Å². The molecule has 5 N–H and O–H groups in total. The van der Waals surface area contributed by atoms with E-state index in [2.05, 4.69) is 32.6 Å². The van der Waals surface area contributed by atoms with Crippen molar-refractivity contribution in [2.75, 3.05) is 10.7 Å². The molecule has 0 aliphatic carbocycles. The summed E-state index contributed by atoms with van der Waals surface area (Å²) in [7, 11) is 0. The summed E-state index contributed by atoms with van der Waals surface area (Å²) in [4.78, 5) is 22.3. The van der Waals surface area contributed by atoms with E-state index in [0.29, 0.717) is 18.2 Å². The van der Waals surface area contributed by atoms with Crippen LogP contribution in [0, 0.1) is 0 Å². The molecule has 0 saturated heterocycles. The fourth-order valence-corrected chi connectivity index (χ4v) is 2.16. The molecule has 7 nitrogen and oxygen atoms in total. The van der Waals surface area contributed by atoms with E-state index in [0.717, 1.165) is 35.7 Å². The van der Waals surface area contributed by atoms with Crippen LogP contribution >= 0.6 is 11.3 Å². The Balaban J connectivity index is 2.10. The summed E-state index contributed by atoms with van der Waals surface area (Å²) in [5, 5.41) is 4.92. The zero-order valence-corrected chi connectivity index (χ0v) is 11.4. The maximum atomic E-state index is 11.0. The first-order chi connectivity index (χ1) is 9.21. The second-order valence-corrected chi connectivity index (χ2v) is 4.82. The first-order valence-corrected chi connectivity index (χ1v) is 6.84. The summed E-state index contributed by atoms with van der Waals surface area (Å²) in [5.74, 6) is 7.36. The summed E-state index contributed by atoms with van der Waals surface area (Å²) >= 11 is 1.14. The predicted octanol–water partition coefficient (Wildman–Crippen LogP) is 1.08. The summed E-state index contributed by atoms with van der Waals surface area (Å²) in [6, 6.07) is 1.73. The molecule has 2 heterocycles. The van der Waals surface area contributed by atoms with Crippen LogP contribution in [-0.4, -0.2) is 15.0 Å². The lowest BCUT2D eigenvalue weighted by Crippen LogP contribution is -2.12. The van der Waals surface area contributed by atoms with Crippen LogP contribution in [0.5, 0.6) is 0 Å². The molecule has 0 saturated carbocycles. The lowest BCUT2D eigenvalue weighted by Gasteiger charge is -2.08. The van der Waals surface area contributed by atoms with Gasteiger partial charge < -0.3 is 15.7 Å². The van der Waals surface area contributed by atoms with Gasteiger partial charge in [0.1, 0.15) is 17.5 Å². The molecule has 0 amide bonds. The van der Waals surface area contributed by atoms with Crippen LogP contribution in [0.1, 0.15) is 24.9 Å². The minimum atomic E-state index is -0.0597. The molecule has 2 aromatic heterocycles. The molecule has 0 atom stereocenters. The number of hydrazine groups is 1. The molecule has 8 heteroatoms.